The van der Waals surface area contributed by atoms with Gasteiger partial charge in [-0.05, 0) is 57.0 Å². The van der Waals surface area contributed by atoms with Crippen LogP contribution >= 0.6 is 0 Å². The quantitative estimate of drug-likeness (QED) is 0.835. The first kappa shape index (κ1) is 18.1. The van der Waals surface area contributed by atoms with Gasteiger partial charge in [-0.15, -0.1) is 0 Å². The highest BCUT2D eigenvalue weighted by Crippen LogP contribution is 2.29. The zero-order chi connectivity index (χ0) is 18.8. The van der Waals surface area contributed by atoms with Crippen molar-refractivity contribution in [1.82, 2.24) is 14.9 Å². The van der Waals surface area contributed by atoms with E-state index in [-0.39, 0.29) is 11.9 Å². The van der Waals surface area contributed by atoms with Crippen LogP contribution in [0.25, 0.3) is 0 Å². The van der Waals surface area contributed by atoms with Crippen LogP contribution < -0.4 is 0 Å². The third-order valence-corrected chi connectivity index (χ3v) is 5.69. The van der Waals surface area contributed by atoms with E-state index in [1.807, 2.05) is 6.20 Å². The molecule has 0 bridgehead atoms. The molecule has 2 aromatic rings. The van der Waals surface area contributed by atoms with Crippen molar-refractivity contribution >= 4 is 5.91 Å². The first-order valence-electron chi connectivity index (χ1n) is 9.76. The highest BCUT2D eigenvalue weighted by atomic mass is 16.7. The van der Waals surface area contributed by atoms with Gasteiger partial charge in [-0.25, -0.2) is 5.06 Å². The van der Waals surface area contributed by atoms with E-state index in [0.717, 1.165) is 31.5 Å². The van der Waals surface area contributed by atoms with E-state index in [1.165, 1.54) is 21.9 Å². The second-order valence-corrected chi connectivity index (χ2v) is 7.74. The maximum Gasteiger partial charge on any atom is 0.266 e. The van der Waals surface area contributed by atoms with E-state index in [9.17, 15) is 4.79 Å². The molecule has 0 N–H and O–H groups in total. The van der Waals surface area contributed by atoms with E-state index in [4.69, 9.17) is 4.84 Å². The summed E-state index contributed by atoms with van der Waals surface area (Å²) >= 11 is 0. The first-order chi connectivity index (χ1) is 13.1. The van der Waals surface area contributed by atoms with Gasteiger partial charge in [-0.2, -0.15) is 0 Å². The predicted molar refractivity (Wildman–Crippen MR) is 104 cm³/mol. The molecule has 1 aromatic carbocycles. The van der Waals surface area contributed by atoms with Crippen molar-refractivity contribution in [2.24, 2.45) is 0 Å². The summed E-state index contributed by atoms with van der Waals surface area (Å²) < 4.78 is 0. The lowest BCUT2D eigenvalue weighted by molar-refractivity contribution is -0.164. The number of nitrogens with zero attached hydrogens (tertiary/aromatic N) is 3. The maximum atomic E-state index is 12.8. The molecule has 1 amide bonds. The third-order valence-electron chi connectivity index (χ3n) is 5.69. The van der Waals surface area contributed by atoms with Crippen molar-refractivity contribution < 1.29 is 9.63 Å². The molecule has 2 aliphatic heterocycles. The van der Waals surface area contributed by atoms with Crippen LogP contribution in [-0.2, 0) is 16.2 Å². The average molecular weight is 365 g/mol. The van der Waals surface area contributed by atoms with E-state index < -0.39 is 0 Å². The number of aryl methyl sites for hydroxylation is 2. The highest BCUT2D eigenvalue weighted by Gasteiger charge is 2.39. The first-order valence-corrected chi connectivity index (χ1v) is 9.76. The van der Waals surface area contributed by atoms with Gasteiger partial charge >= 0.3 is 0 Å². The standard InChI is InChI=1S/C22H27N3O2/c1-16-3-6-18(7-4-16)14-25-22(26)21(15-27-25)24-11-9-19(10-12-24)20-8-5-17(2)13-23-20/h3-8,13,19,21H,9-12,14-15H2,1-2H3. The average Bonchev–Trinajstić information content (AvgIpc) is 3.05. The van der Waals surface area contributed by atoms with Crippen molar-refractivity contribution in [2.45, 2.75) is 45.2 Å². The van der Waals surface area contributed by atoms with Crippen LogP contribution in [0.3, 0.4) is 0 Å². The zero-order valence-corrected chi connectivity index (χ0v) is 16.1. The lowest BCUT2D eigenvalue weighted by atomic mass is 9.92. The normalized spacial score (nSPS) is 21.8. The molecule has 142 valence electrons. The van der Waals surface area contributed by atoms with Gasteiger partial charge in [0, 0.05) is 17.8 Å². The fraction of sp³-hybridized carbons (Fsp3) is 0.455. The second kappa shape index (κ2) is 7.79. The molecular formula is C22H27N3O2. The minimum absolute atomic E-state index is 0.0856. The Kier molecular flexibility index (Phi) is 5.23. The number of carbonyl (C=O) groups excluding carboxylic acids is 1. The Labute approximate surface area is 160 Å². The fourth-order valence-corrected chi connectivity index (χ4v) is 3.93. The Morgan fingerprint density at radius 2 is 1.74 bits per heavy atom. The van der Waals surface area contributed by atoms with E-state index >= 15 is 0 Å². The Balaban J connectivity index is 1.33. The van der Waals surface area contributed by atoms with Gasteiger partial charge in [0.15, 0.2) is 0 Å². The Morgan fingerprint density at radius 3 is 2.41 bits per heavy atom. The molecule has 1 atom stereocenters. The summed E-state index contributed by atoms with van der Waals surface area (Å²) in [5.74, 6) is 0.574. The van der Waals surface area contributed by atoms with Gasteiger partial charge in [0.2, 0.25) is 0 Å². The summed E-state index contributed by atoms with van der Waals surface area (Å²) in [6.45, 7) is 6.93. The monoisotopic (exact) mass is 365 g/mol. The number of benzene rings is 1. The van der Waals surface area contributed by atoms with Gasteiger partial charge in [0.1, 0.15) is 6.04 Å². The van der Waals surface area contributed by atoms with Crippen LogP contribution in [0.15, 0.2) is 42.6 Å². The predicted octanol–water partition coefficient (Wildman–Crippen LogP) is 3.22. The molecule has 27 heavy (non-hydrogen) atoms. The molecule has 1 unspecified atom stereocenters. The number of hydrogen-bond acceptors (Lipinski definition) is 4. The molecule has 0 saturated carbocycles. The summed E-state index contributed by atoms with van der Waals surface area (Å²) in [5.41, 5.74) is 4.68. The summed E-state index contributed by atoms with van der Waals surface area (Å²) in [5, 5.41) is 1.53. The fourth-order valence-electron chi connectivity index (χ4n) is 3.93. The molecule has 2 fully saturated rings. The number of hydrogen-bond donors (Lipinski definition) is 0. The molecule has 5 heteroatoms. The number of likely N-dealkylation sites (tertiary alicyclic amines) is 1. The molecule has 3 heterocycles. The summed E-state index contributed by atoms with van der Waals surface area (Å²) in [4.78, 5) is 25.4. The SMILES string of the molecule is Cc1ccc(CN2OCC(N3CCC(c4ccc(C)cn4)CC3)C2=O)cc1. The van der Waals surface area contributed by atoms with Crippen molar-refractivity contribution in [3.8, 4) is 0 Å². The lowest BCUT2D eigenvalue weighted by Gasteiger charge is -2.34. The van der Waals surface area contributed by atoms with Crippen LogP contribution in [0.4, 0.5) is 0 Å². The number of amides is 1. The molecule has 0 radical (unpaired) electrons. The van der Waals surface area contributed by atoms with Crippen molar-refractivity contribution in [3.05, 3.63) is 65.0 Å². The Hall–Kier alpha value is -2.24. The number of rotatable bonds is 4. The molecule has 5 nitrogen and oxygen atoms in total. The number of hydroxylamine groups is 2. The van der Waals surface area contributed by atoms with Crippen LogP contribution in [0.1, 0.15) is 41.1 Å². The minimum atomic E-state index is -0.151. The van der Waals surface area contributed by atoms with Crippen LogP contribution in [0.2, 0.25) is 0 Å². The summed E-state index contributed by atoms with van der Waals surface area (Å²) in [7, 11) is 0. The molecule has 1 aromatic heterocycles. The Morgan fingerprint density at radius 1 is 1.04 bits per heavy atom. The van der Waals surface area contributed by atoms with E-state index in [1.54, 1.807) is 0 Å². The molecule has 0 aliphatic carbocycles. The number of carbonyl (C=O) groups is 1. The van der Waals surface area contributed by atoms with Gasteiger partial charge in [-0.3, -0.25) is 19.5 Å². The number of aromatic nitrogens is 1. The third kappa shape index (κ3) is 4.04. The number of pyridine rings is 1. The van der Waals surface area contributed by atoms with Gasteiger partial charge < -0.3 is 0 Å². The summed E-state index contributed by atoms with van der Waals surface area (Å²) in [6, 6.07) is 12.4. The second-order valence-electron chi connectivity index (χ2n) is 7.74. The molecule has 2 aliphatic rings. The maximum absolute atomic E-state index is 12.8. The van der Waals surface area contributed by atoms with Gasteiger partial charge in [0.05, 0.1) is 13.2 Å². The van der Waals surface area contributed by atoms with Gasteiger partial charge in [0.25, 0.3) is 5.91 Å². The number of piperidine rings is 1. The molecule has 2 saturated heterocycles. The minimum Gasteiger partial charge on any atom is -0.290 e. The zero-order valence-electron chi connectivity index (χ0n) is 16.1. The summed E-state index contributed by atoms with van der Waals surface area (Å²) in [6.07, 6.45) is 4.02. The van der Waals surface area contributed by atoms with E-state index in [0.29, 0.717) is 19.1 Å². The van der Waals surface area contributed by atoms with Crippen LogP contribution in [0, 0.1) is 13.8 Å². The largest absolute Gasteiger partial charge is 0.290 e. The smallest absolute Gasteiger partial charge is 0.266 e. The van der Waals surface area contributed by atoms with Crippen LogP contribution in [0.5, 0.6) is 0 Å². The van der Waals surface area contributed by atoms with E-state index in [2.05, 4.69) is 60.1 Å². The van der Waals surface area contributed by atoms with Crippen molar-refractivity contribution in [1.29, 1.82) is 0 Å². The van der Waals surface area contributed by atoms with Crippen LogP contribution in [-0.4, -0.2) is 46.6 Å². The Bertz CT molecular complexity index is 780. The molecule has 0 spiro atoms. The van der Waals surface area contributed by atoms with Gasteiger partial charge in [-0.1, -0.05) is 35.9 Å². The molecular weight excluding hydrogens is 338 g/mol. The van der Waals surface area contributed by atoms with Crippen molar-refractivity contribution in [3.63, 3.8) is 0 Å². The van der Waals surface area contributed by atoms with Crippen molar-refractivity contribution in [2.75, 3.05) is 19.7 Å². The molecule has 4 rings (SSSR count). The highest BCUT2D eigenvalue weighted by molar-refractivity contribution is 5.82. The lowest BCUT2D eigenvalue weighted by Crippen LogP contribution is -2.46. The topological polar surface area (TPSA) is 45.7 Å².